The van der Waals surface area contributed by atoms with Crippen molar-refractivity contribution >= 4 is 17.7 Å². The minimum absolute atomic E-state index is 0.309. The van der Waals surface area contributed by atoms with Gasteiger partial charge in [0.25, 0.3) is 0 Å². The molecule has 0 radical (unpaired) electrons. The molecule has 1 saturated heterocycles. The summed E-state index contributed by atoms with van der Waals surface area (Å²) in [7, 11) is 0. The Morgan fingerprint density at radius 1 is 1.50 bits per heavy atom. The Kier molecular flexibility index (Phi) is 5.99. The molecule has 4 heteroatoms. The van der Waals surface area contributed by atoms with Crippen LogP contribution < -0.4 is 5.32 Å². The number of carbonyl (C=O) groups is 1. The molecule has 1 aliphatic rings. The third-order valence-corrected chi connectivity index (χ3v) is 5.44. The zero-order valence-electron chi connectivity index (χ0n) is 12.0. The Morgan fingerprint density at radius 2 is 2.17 bits per heavy atom. The van der Waals surface area contributed by atoms with Gasteiger partial charge in [0, 0.05) is 17.0 Å². The number of hydrogen-bond donors (Lipinski definition) is 2. The maximum Gasteiger partial charge on any atom is 0.320 e. The molecule has 0 aromatic heterocycles. The average molecular weight is 273 g/mol. The highest BCUT2D eigenvalue weighted by molar-refractivity contribution is 8.00. The second kappa shape index (κ2) is 6.80. The van der Waals surface area contributed by atoms with E-state index in [4.69, 9.17) is 0 Å². The Hall–Kier alpha value is -0.220. The Labute approximate surface area is 115 Å². The summed E-state index contributed by atoms with van der Waals surface area (Å²) in [6.07, 6.45) is 3.86. The maximum atomic E-state index is 11.2. The van der Waals surface area contributed by atoms with Crippen molar-refractivity contribution in [1.82, 2.24) is 5.32 Å². The van der Waals surface area contributed by atoms with E-state index in [1.165, 1.54) is 0 Å². The fourth-order valence-corrected chi connectivity index (χ4v) is 3.88. The Morgan fingerprint density at radius 3 is 2.61 bits per heavy atom. The molecule has 0 aliphatic carbocycles. The summed E-state index contributed by atoms with van der Waals surface area (Å²) in [5.74, 6) is 0.338. The van der Waals surface area contributed by atoms with Gasteiger partial charge < -0.3 is 10.4 Å². The average Bonchev–Trinajstić information content (AvgIpc) is 2.71. The van der Waals surface area contributed by atoms with E-state index in [0.717, 1.165) is 31.4 Å². The van der Waals surface area contributed by atoms with Crippen molar-refractivity contribution in [2.24, 2.45) is 5.41 Å². The van der Waals surface area contributed by atoms with Gasteiger partial charge in [0.15, 0.2) is 0 Å². The summed E-state index contributed by atoms with van der Waals surface area (Å²) < 4.78 is 0. The number of hydrogen-bond acceptors (Lipinski definition) is 3. The van der Waals surface area contributed by atoms with Crippen molar-refractivity contribution in [2.45, 2.75) is 70.7 Å². The normalized spacial score (nSPS) is 26.2. The van der Waals surface area contributed by atoms with E-state index in [9.17, 15) is 9.90 Å². The molecule has 0 aromatic rings. The SMILES string of the molecule is CCCC[C@H](NC1CSC(C(C)(C)C)C1)C(=O)O. The van der Waals surface area contributed by atoms with E-state index < -0.39 is 5.97 Å². The number of aliphatic carboxylic acids is 1. The molecule has 18 heavy (non-hydrogen) atoms. The van der Waals surface area contributed by atoms with Gasteiger partial charge in [0.2, 0.25) is 0 Å². The van der Waals surface area contributed by atoms with Crippen LogP contribution in [0.4, 0.5) is 0 Å². The van der Waals surface area contributed by atoms with Crippen LogP contribution >= 0.6 is 11.8 Å². The Balaban J connectivity index is 2.44. The lowest BCUT2D eigenvalue weighted by Gasteiger charge is -2.26. The minimum atomic E-state index is -0.701. The highest BCUT2D eigenvalue weighted by Gasteiger charge is 2.35. The third kappa shape index (κ3) is 4.81. The van der Waals surface area contributed by atoms with Gasteiger partial charge in [-0.05, 0) is 18.3 Å². The largest absolute Gasteiger partial charge is 0.480 e. The topological polar surface area (TPSA) is 49.3 Å². The van der Waals surface area contributed by atoms with Crippen LogP contribution in [-0.4, -0.2) is 34.2 Å². The van der Waals surface area contributed by atoms with E-state index in [0.29, 0.717) is 16.7 Å². The zero-order chi connectivity index (χ0) is 13.8. The van der Waals surface area contributed by atoms with E-state index in [1.807, 2.05) is 11.8 Å². The lowest BCUT2D eigenvalue weighted by Crippen LogP contribution is -2.44. The van der Waals surface area contributed by atoms with Crippen molar-refractivity contribution in [2.75, 3.05) is 5.75 Å². The van der Waals surface area contributed by atoms with Gasteiger partial charge in [-0.2, -0.15) is 11.8 Å². The van der Waals surface area contributed by atoms with Crippen molar-refractivity contribution in [3.8, 4) is 0 Å². The van der Waals surface area contributed by atoms with Gasteiger partial charge in [0.05, 0.1) is 0 Å². The quantitative estimate of drug-likeness (QED) is 0.780. The second-order valence-corrected chi connectivity index (χ2v) is 7.56. The van der Waals surface area contributed by atoms with Gasteiger partial charge >= 0.3 is 5.97 Å². The molecule has 106 valence electrons. The lowest BCUT2D eigenvalue weighted by molar-refractivity contribution is -0.139. The van der Waals surface area contributed by atoms with Crippen molar-refractivity contribution in [3.05, 3.63) is 0 Å². The fraction of sp³-hybridized carbons (Fsp3) is 0.929. The molecular formula is C14H27NO2S. The van der Waals surface area contributed by atoms with Gasteiger partial charge in [-0.3, -0.25) is 4.79 Å². The van der Waals surface area contributed by atoms with Gasteiger partial charge in [-0.15, -0.1) is 0 Å². The predicted octanol–water partition coefficient (Wildman–Crippen LogP) is 3.14. The van der Waals surface area contributed by atoms with Gasteiger partial charge in [-0.1, -0.05) is 40.5 Å². The summed E-state index contributed by atoms with van der Waals surface area (Å²) in [6.45, 7) is 8.89. The molecule has 0 bridgehead atoms. The molecule has 1 heterocycles. The van der Waals surface area contributed by atoms with Gasteiger partial charge in [-0.25, -0.2) is 0 Å². The number of carboxylic acid groups (broad SMARTS) is 1. The first-order valence-electron chi connectivity index (χ1n) is 6.95. The van der Waals surface area contributed by atoms with Crippen LogP contribution in [0.1, 0.15) is 53.4 Å². The number of unbranched alkanes of at least 4 members (excludes halogenated alkanes) is 1. The summed E-state index contributed by atoms with van der Waals surface area (Å²) in [5, 5.41) is 13.2. The summed E-state index contributed by atoms with van der Waals surface area (Å²) in [4.78, 5) is 11.2. The van der Waals surface area contributed by atoms with Crippen molar-refractivity contribution < 1.29 is 9.90 Å². The monoisotopic (exact) mass is 273 g/mol. The highest BCUT2D eigenvalue weighted by Crippen LogP contribution is 2.39. The van der Waals surface area contributed by atoms with Gasteiger partial charge in [0.1, 0.15) is 6.04 Å². The fourth-order valence-electron chi connectivity index (χ4n) is 2.32. The highest BCUT2D eigenvalue weighted by atomic mass is 32.2. The number of carboxylic acids is 1. The maximum absolute atomic E-state index is 11.2. The molecule has 1 fully saturated rings. The number of nitrogens with one attached hydrogen (secondary N) is 1. The van der Waals surface area contributed by atoms with Crippen LogP contribution in [0.25, 0.3) is 0 Å². The molecular weight excluding hydrogens is 246 g/mol. The smallest absolute Gasteiger partial charge is 0.320 e. The number of thioether (sulfide) groups is 1. The molecule has 0 spiro atoms. The summed E-state index contributed by atoms with van der Waals surface area (Å²) in [5.41, 5.74) is 0.309. The van der Waals surface area contributed by atoms with E-state index in [2.05, 4.69) is 33.0 Å². The molecule has 1 rings (SSSR count). The van der Waals surface area contributed by atoms with Crippen LogP contribution in [0.5, 0.6) is 0 Å². The predicted molar refractivity (Wildman–Crippen MR) is 78.2 cm³/mol. The minimum Gasteiger partial charge on any atom is -0.480 e. The van der Waals surface area contributed by atoms with Crippen LogP contribution in [-0.2, 0) is 4.79 Å². The molecule has 3 nitrogen and oxygen atoms in total. The number of rotatable bonds is 6. The zero-order valence-corrected chi connectivity index (χ0v) is 12.8. The molecule has 0 amide bonds. The molecule has 2 unspecified atom stereocenters. The van der Waals surface area contributed by atoms with Crippen LogP contribution in [0.2, 0.25) is 0 Å². The summed E-state index contributed by atoms with van der Waals surface area (Å²) in [6, 6.07) is -0.00792. The van der Waals surface area contributed by atoms with E-state index in [1.54, 1.807) is 0 Å². The molecule has 2 N–H and O–H groups in total. The molecule has 0 saturated carbocycles. The standard InChI is InChI=1S/C14H27NO2S/c1-5-6-7-11(13(16)17)15-10-8-12(18-9-10)14(2,3)4/h10-12,15H,5-9H2,1-4H3,(H,16,17)/t10?,11-,12?/m0/s1. The summed E-state index contributed by atoms with van der Waals surface area (Å²) >= 11 is 1.98. The van der Waals surface area contributed by atoms with Crippen molar-refractivity contribution in [3.63, 3.8) is 0 Å². The first-order valence-corrected chi connectivity index (χ1v) is 8.00. The lowest BCUT2D eigenvalue weighted by atomic mass is 9.88. The molecule has 0 aromatic carbocycles. The van der Waals surface area contributed by atoms with Crippen molar-refractivity contribution in [1.29, 1.82) is 0 Å². The van der Waals surface area contributed by atoms with Crippen LogP contribution in [0.15, 0.2) is 0 Å². The second-order valence-electron chi connectivity index (χ2n) is 6.32. The molecule has 3 atom stereocenters. The Bertz CT molecular complexity index is 275. The molecule has 1 aliphatic heterocycles. The van der Waals surface area contributed by atoms with Crippen LogP contribution in [0.3, 0.4) is 0 Å². The van der Waals surface area contributed by atoms with E-state index >= 15 is 0 Å². The van der Waals surface area contributed by atoms with E-state index in [-0.39, 0.29) is 6.04 Å². The first-order chi connectivity index (χ1) is 8.34. The van der Waals surface area contributed by atoms with Crippen LogP contribution in [0, 0.1) is 5.41 Å². The third-order valence-electron chi connectivity index (χ3n) is 3.54. The first kappa shape index (κ1) is 15.8.